The van der Waals surface area contributed by atoms with E-state index in [0.717, 1.165) is 23.4 Å². The van der Waals surface area contributed by atoms with Crippen LogP contribution >= 0.6 is 11.3 Å². The van der Waals surface area contributed by atoms with Gasteiger partial charge in [0.25, 0.3) is 5.91 Å². The smallest absolute Gasteiger partial charge is 0.342 e. The minimum absolute atomic E-state index is 0.119. The Balaban J connectivity index is 1.51. The van der Waals surface area contributed by atoms with Crippen LogP contribution in [0.5, 0.6) is 0 Å². The van der Waals surface area contributed by atoms with Crippen LogP contribution in [0.4, 0.5) is 0 Å². The Hall–Kier alpha value is -2.93. The molecular formula is C21H21N3O3S. The van der Waals surface area contributed by atoms with Gasteiger partial charge in [-0.2, -0.15) is 5.10 Å². The van der Waals surface area contributed by atoms with E-state index in [-0.39, 0.29) is 18.6 Å². The van der Waals surface area contributed by atoms with Gasteiger partial charge in [-0.05, 0) is 49.3 Å². The Kier molecular flexibility index (Phi) is 5.25. The first-order valence-corrected chi connectivity index (χ1v) is 10.2. The van der Waals surface area contributed by atoms with E-state index in [2.05, 4.69) is 10.4 Å². The summed E-state index contributed by atoms with van der Waals surface area (Å²) in [7, 11) is 0. The highest BCUT2D eigenvalue weighted by atomic mass is 32.1. The van der Waals surface area contributed by atoms with Crippen molar-refractivity contribution >= 4 is 23.2 Å². The van der Waals surface area contributed by atoms with Crippen LogP contribution in [-0.4, -0.2) is 34.3 Å². The van der Waals surface area contributed by atoms with Crippen LogP contribution < -0.4 is 5.32 Å². The summed E-state index contributed by atoms with van der Waals surface area (Å²) in [4.78, 5) is 25.6. The number of ether oxygens (including phenoxy) is 1. The average molecular weight is 395 g/mol. The van der Waals surface area contributed by atoms with Crippen molar-refractivity contribution in [1.29, 1.82) is 0 Å². The van der Waals surface area contributed by atoms with E-state index in [0.29, 0.717) is 17.2 Å². The molecule has 2 heterocycles. The van der Waals surface area contributed by atoms with Crippen molar-refractivity contribution in [1.82, 2.24) is 15.1 Å². The van der Waals surface area contributed by atoms with Crippen molar-refractivity contribution in [2.45, 2.75) is 25.8 Å². The van der Waals surface area contributed by atoms with Crippen molar-refractivity contribution in [2.24, 2.45) is 5.92 Å². The number of carbonyl (C=O) groups excluding carboxylic acids is 2. The number of amides is 1. The number of nitrogens with one attached hydrogen (secondary N) is 1. The number of thiophene rings is 1. The number of para-hydroxylation sites is 1. The molecule has 1 N–H and O–H groups in total. The first-order chi connectivity index (χ1) is 13.6. The maximum Gasteiger partial charge on any atom is 0.342 e. The maximum absolute atomic E-state index is 12.7. The number of aromatic nitrogens is 2. The van der Waals surface area contributed by atoms with Gasteiger partial charge in [0.15, 0.2) is 6.61 Å². The van der Waals surface area contributed by atoms with E-state index in [1.54, 1.807) is 10.9 Å². The predicted octanol–water partition coefficient (Wildman–Crippen LogP) is 3.67. The second-order valence-corrected chi connectivity index (χ2v) is 7.87. The molecule has 2 aromatic heterocycles. The van der Waals surface area contributed by atoms with E-state index in [1.165, 1.54) is 11.3 Å². The van der Waals surface area contributed by atoms with Crippen LogP contribution in [0.25, 0.3) is 16.3 Å². The summed E-state index contributed by atoms with van der Waals surface area (Å²) in [6.07, 6.45) is 3.94. The molecule has 7 heteroatoms. The van der Waals surface area contributed by atoms with Crippen LogP contribution in [0.15, 0.2) is 54.0 Å². The fourth-order valence-electron chi connectivity index (χ4n) is 3.05. The first kappa shape index (κ1) is 18.4. The summed E-state index contributed by atoms with van der Waals surface area (Å²) in [6, 6.07) is 13.5. The van der Waals surface area contributed by atoms with Gasteiger partial charge in [0.1, 0.15) is 11.3 Å². The molecule has 1 amide bonds. The van der Waals surface area contributed by atoms with E-state index in [9.17, 15) is 9.59 Å². The quantitative estimate of drug-likeness (QED) is 0.620. The molecule has 1 aromatic carbocycles. The number of benzene rings is 1. The largest absolute Gasteiger partial charge is 0.452 e. The van der Waals surface area contributed by atoms with Crippen molar-refractivity contribution < 1.29 is 14.3 Å². The zero-order valence-electron chi connectivity index (χ0n) is 15.5. The van der Waals surface area contributed by atoms with E-state index in [4.69, 9.17) is 4.74 Å². The summed E-state index contributed by atoms with van der Waals surface area (Å²) in [6.45, 7) is 1.69. The van der Waals surface area contributed by atoms with Crippen molar-refractivity contribution in [2.75, 3.05) is 6.61 Å². The minimum Gasteiger partial charge on any atom is -0.452 e. The van der Waals surface area contributed by atoms with Gasteiger partial charge in [0.05, 0.1) is 10.6 Å². The van der Waals surface area contributed by atoms with E-state index in [1.807, 2.05) is 54.8 Å². The van der Waals surface area contributed by atoms with Gasteiger partial charge < -0.3 is 10.1 Å². The first-order valence-electron chi connectivity index (χ1n) is 9.27. The lowest BCUT2D eigenvalue weighted by molar-refractivity contribution is -0.124. The fraction of sp³-hybridized carbons (Fsp3) is 0.286. The molecule has 0 bridgehead atoms. The van der Waals surface area contributed by atoms with Crippen LogP contribution in [0.2, 0.25) is 0 Å². The summed E-state index contributed by atoms with van der Waals surface area (Å²) in [5.41, 5.74) is 1.74. The van der Waals surface area contributed by atoms with Crippen LogP contribution in [0.3, 0.4) is 0 Å². The van der Waals surface area contributed by atoms with Gasteiger partial charge in [0, 0.05) is 12.2 Å². The second kappa shape index (κ2) is 7.98. The molecule has 1 aliphatic carbocycles. The molecule has 1 aliphatic rings. The topological polar surface area (TPSA) is 73.2 Å². The number of hydrogen-bond acceptors (Lipinski definition) is 5. The third-order valence-electron chi connectivity index (χ3n) is 4.76. The molecule has 0 spiro atoms. The lowest BCUT2D eigenvalue weighted by Gasteiger charge is -2.12. The Morgan fingerprint density at radius 1 is 1.25 bits per heavy atom. The van der Waals surface area contributed by atoms with Crippen LogP contribution in [0, 0.1) is 5.92 Å². The minimum atomic E-state index is -0.556. The summed E-state index contributed by atoms with van der Waals surface area (Å²) < 4.78 is 6.93. The normalized spacial score (nSPS) is 14.5. The van der Waals surface area contributed by atoms with Crippen LogP contribution in [-0.2, 0) is 9.53 Å². The number of esters is 1. The van der Waals surface area contributed by atoms with Crippen molar-refractivity contribution in [3.63, 3.8) is 0 Å². The number of carbonyl (C=O) groups is 2. The molecule has 0 saturated heterocycles. The van der Waals surface area contributed by atoms with Crippen LogP contribution in [0.1, 0.15) is 30.1 Å². The highest BCUT2D eigenvalue weighted by Gasteiger charge is 2.29. The van der Waals surface area contributed by atoms with Crippen molar-refractivity contribution in [3.05, 3.63) is 59.6 Å². The Morgan fingerprint density at radius 2 is 2.04 bits per heavy atom. The number of hydrogen-bond donors (Lipinski definition) is 1. The number of nitrogens with zero attached hydrogens (tertiary/aromatic N) is 2. The Morgan fingerprint density at radius 3 is 2.71 bits per heavy atom. The molecule has 0 radical (unpaired) electrons. The molecule has 0 unspecified atom stereocenters. The monoisotopic (exact) mass is 395 g/mol. The summed E-state index contributed by atoms with van der Waals surface area (Å²) in [5.74, 6) is -0.283. The Labute approximate surface area is 167 Å². The second-order valence-electron chi connectivity index (χ2n) is 6.92. The molecule has 144 valence electrons. The molecule has 28 heavy (non-hydrogen) atoms. The molecule has 1 fully saturated rings. The zero-order chi connectivity index (χ0) is 19.5. The standard InChI is InChI=1S/C21H21N3O3S/c1-14(15-9-10-15)22-19(25)13-27-21(26)17-12-24(16-6-3-2-4-7-16)23-20(17)18-8-5-11-28-18/h2-8,11-12,14-15H,9-10,13H2,1H3,(H,22,25)/t14-/m1/s1. The third kappa shape index (κ3) is 4.14. The zero-order valence-corrected chi connectivity index (χ0v) is 16.3. The molecule has 6 nitrogen and oxygen atoms in total. The molecule has 0 aliphatic heterocycles. The van der Waals surface area contributed by atoms with Gasteiger partial charge in [-0.1, -0.05) is 24.3 Å². The maximum atomic E-state index is 12.7. The summed E-state index contributed by atoms with van der Waals surface area (Å²) >= 11 is 1.50. The third-order valence-corrected chi connectivity index (χ3v) is 5.64. The van der Waals surface area contributed by atoms with Gasteiger partial charge in [-0.25, -0.2) is 9.48 Å². The van der Waals surface area contributed by atoms with E-state index >= 15 is 0 Å². The summed E-state index contributed by atoms with van der Waals surface area (Å²) in [5, 5.41) is 9.39. The van der Waals surface area contributed by atoms with Gasteiger partial charge in [-0.15, -0.1) is 11.3 Å². The molecule has 4 rings (SSSR count). The molecular weight excluding hydrogens is 374 g/mol. The van der Waals surface area contributed by atoms with Gasteiger partial charge in [0.2, 0.25) is 0 Å². The molecule has 1 atom stereocenters. The highest BCUT2D eigenvalue weighted by molar-refractivity contribution is 7.13. The average Bonchev–Trinajstić information content (AvgIpc) is 3.24. The van der Waals surface area contributed by atoms with Crippen molar-refractivity contribution in [3.8, 4) is 16.3 Å². The van der Waals surface area contributed by atoms with Gasteiger partial charge >= 0.3 is 5.97 Å². The van der Waals surface area contributed by atoms with Gasteiger partial charge in [-0.3, -0.25) is 4.79 Å². The highest BCUT2D eigenvalue weighted by Crippen LogP contribution is 2.32. The Bertz CT molecular complexity index is 962. The molecule has 1 saturated carbocycles. The lowest BCUT2D eigenvalue weighted by Crippen LogP contribution is -2.37. The SMILES string of the molecule is C[C@@H](NC(=O)COC(=O)c1cn(-c2ccccc2)nc1-c1cccs1)C1CC1. The predicted molar refractivity (Wildman–Crippen MR) is 107 cm³/mol. The van der Waals surface area contributed by atoms with E-state index < -0.39 is 5.97 Å². The molecule has 3 aromatic rings. The number of rotatable bonds is 7. The fourth-order valence-corrected chi connectivity index (χ4v) is 3.77. The lowest BCUT2D eigenvalue weighted by atomic mass is 10.2.